The second-order valence-corrected chi connectivity index (χ2v) is 6.55. The van der Waals surface area contributed by atoms with Crippen molar-refractivity contribution in [2.45, 2.75) is 32.8 Å². The number of carbonyl (C=O) groups excluding carboxylic acids is 2. The molecular formula is C20H23ClN2O3. The normalized spacial score (nSPS) is 10.5. The number of ether oxygens (including phenoxy) is 1. The molecule has 0 radical (unpaired) electrons. The number of halogens is 1. The maximum Gasteiger partial charge on any atom is 0.233 e. The van der Waals surface area contributed by atoms with E-state index in [0.29, 0.717) is 29.4 Å². The van der Waals surface area contributed by atoms with E-state index in [4.69, 9.17) is 16.3 Å². The van der Waals surface area contributed by atoms with Gasteiger partial charge < -0.3 is 15.4 Å². The highest BCUT2D eigenvalue weighted by Gasteiger charge is 2.12. The van der Waals surface area contributed by atoms with Crippen molar-refractivity contribution in [2.24, 2.45) is 0 Å². The molecule has 2 aromatic rings. The molecule has 0 atom stereocenters. The molecule has 0 saturated heterocycles. The van der Waals surface area contributed by atoms with Crippen molar-refractivity contribution in [3.63, 3.8) is 0 Å². The first-order valence-electron chi connectivity index (χ1n) is 8.50. The van der Waals surface area contributed by atoms with E-state index in [2.05, 4.69) is 10.6 Å². The fourth-order valence-electron chi connectivity index (χ4n) is 2.37. The van der Waals surface area contributed by atoms with E-state index in [1.807, 2.05) is 38.1 Å². The van der Waals surface area contributed by atoms with Gasteiger partial charge in [-0.1, -0.05) is 35.9 Å². The van der Waals surface area contributed by atoms with Crippen LogP contribution < -0.4 is 15.4 Å². The molecule has 0 spiro atoms. The van der Waals surface area contributed by atoms with Crippen LogP contribution in [-0.2, 0) is 16.0 Å². The summed E-state index contributed by atoms with van der Waals surface area (Å²) in [6.45, 7) is 4.26. The summed E-state index contributed by atoms with van der Waals surface area (Å²) in [6.07, 6.45) is 0.396. The lowest BCUT2D eigenvalue weighted by atomic mass is 10.1. The second-order valence-electron chi connectivity index (χ2n) is 6.12. The Kier molecular flexibility index (Phi) is 7.48. The molecule has 0 unspecified atom stereocenters. The lowest BCUT2D eigenvalue weighted by Gasteiger charge is -2.14. The van der Waals surface area contributed by atoms with Crippen LogP contribution in [0.1, 0.15) is 25.8 Å². The number of hydrogen-bond acceptors (Lipinski definition) is 3. The van der Waals surface area contributed by atoms with Gasteiger partial charge in [0.1, 0.15) is 12.2 Å². The lowest BCUT2D eigenvalue weighted by molar-refractivity contribution is -0.126. The number of nitrogens with one attached hydrogen (secondary N) is 2. The van der Waals surface area contributed by atoms with E-state index in [1.165, 1.54) is 0 Å². The van der Waals surface area contributed by atoms with Crippen molar-refractivity contribution in [1.82, 2.24) is 5.32 Å². The Bertz CT molecular complexity index is 762. The smallest absolute Gasteiger partial charge is 0.233 e. The molecule has 2 amide bonds. The van der Waals surface area contributed by atoms with Gasteiger partial charge in [0, 0.05) is 11.6 Å². The summed E-state index contributed by atoms with van der Waals surface area (Å²) >= 11 is 5.93. The van der Waals surface area contributed by atoms with Gasteiger partial charge in [-0.3, -0.25) is 9.59 Å². The zero-order chi connectivity index (χ0) is 18.9. The van der Waals surface area contributed by atoms with Crippen molar-refractivity contribution >= 4 is 29.1 Å². The van der Waals surface area contributed by atoms with Crippen LogP contribution in [0.2, 0.25) is 5.02 Å². The minimum atomic E-state index is -0.384. The third-order valence-corrected chi connectivity index (χ3v) is 3.70. The van der Waals surface area contributed by atoms with Crippen molar-refractivity contribution in [3.05, 3.63) is 59.1 Å². The molecule has 0 heterocycles. The van der Waals surface area contributed by atoms with Crippen molar-refractivity contribution in [1.29, 1.82) is 0 Å². The topological polar surface area (TPSA) is 67.4 Å². The molecule has 26 heavy (non-hydrogen) atoms. The summed E-state index contributed by atoms with van der Waals surface area (Å²) in [5, 5.41) is 6.12. The number of amides is 2. The zero-order valence-electron chi connectivity index (χ0n) is 14.9. The van der Waals surface area contributed by atoms with Gasteiger partial charge in [0.15, 0.2) is 0 Å². The SMILES string of the molecule is CC(C)Oc1ccccc1NC(=O)CC(=O)NCCc1cccc(Cl)c1. The Hall–Kier alpha value is -2.53. The van der Waals surface area contributed by atoms with E-state index in [-0.39, 0.29) is 24.3 Å². The third-order valence-electron chi connectivity index (χ3n) is 3.47. The van der Waals surface area contributed by atoms with Crippen molar-refractivity contribution < 1.29 is 14.3 Å². The Morgan fingerprint density at radius 2 is 1.85 bits per heavy atom. The number of anilines is 1. The number of benzene rings is 2. The van der Waals surface area contributed by atoms with E-state index in [0.717, 1.165) is 5.56 Å². The van der Waals surface area contributed by atoms with Gasteiger partial charge >= 0.3 is 0 Å². The molecule has 0 fully saturated rings. The highest BCUT2D eigenvalue weighted by atomic mass is 35.5. The van der Waals surface area contributed by atoms with Gasteiger partial charge in [-0.05, 0) is 50.1 Å². The summed E-state index contributed by atoms with van der Waals surface area (Å²) in [6, 6.07) is 14.6. The maximum absolute atomic E-state index is 12.1. The summed E-state index contributed by atoms with van der Waals surface area (Å²) in [7, 11) is 0. The molecule has 2 rings (SSSR count). The molecule has 2 N–H and O–H groups in total. The highest BCUT2D eigenvalue weighted by molar-refractivity contribution is 6.30. The number of rotatable bonds is 8. The summed E-state index contributed by atoms with van der Waals surface area (Å²) in [5.41, 5.74) is 1.58. The van der Waals surface area contributed by atoms with Crippen LogP contribution in [0, 0.1) is 0 Å². The molecule has 6 heteroatoms. The largest absolute Gasteiger partial charge is 0.489 e. The van der Waals surface area contributed by atoms with Crippen LogP contribution in [0.3, 0.4) is 0 Å². The number of hydrogen-bond donors (Lipinski definition) is 2. The van der Waals surface area contributed by atoms with Crippen LogP contribution in [0.4, 0.5) is 5.69 Å². The lowest BCUT2D eigenvalue weighted by Crippen LogP contribution is -2.29. The van der Waals surface area contributed by atoms with Gasteiger partial charge in [-0.15, -0.1) is 0 Å². The first kappa shape index (κ1) is 19.8. The third kappa shape index (κ3) is 6.76. The van der Waals surface area contributed by atoms with Gasteiger partial charge in [-0.25, -0.2) is 0 Å². The van der Waals surface area contributed by atoms with Crippen molar-refractivity contribution in [2.75, 3.05) is 11.9 Å². The Morgan fingerprint density at radius 3 is 2.58 bits per heavy atom. The van der Waals surface area contributed by atoms with E-state index >= 15 is 0 Å². The summed E-state index contributed by atoms with van der Waals surface area (Å²) < 4.78 is 5.65. The quantitative estimate of drug-likeness (QED) is 0.690. The Labute approximate surface area is 158 Å². The second kappa shape index (κ2) is 9.82. The van der Waals surface area contributed by atoms with Crippen LogP contribution in [-0.4, -0.2) is 24.5 Å². The molecule has 0 bridgehead atoms. The standard InChI is InChI=1S/C20H23ClN2O3/c1-14(2)26-18-9-4-3-8-17(18)23-20(25)13-19(24)22-11-10-15-6-5-7-16(21)12-15/h3-9,12,14H,10-11,13H2,1-2H3,(H,22,24)(H,23,25). The molecule has 0 aromatic heterocycles. The number of para-hydroxylation sites is 2. The molecule has 5 nitrogen and oxygen atoms in total. The van der Waals surface area contributed by atoms with E-state index < -0.39 is 0 Å². The molecule has 0 aliphatic carbocycles. The Morgan fingerprint density at radius 1 is 1.08 bits per heavy atom. The monoisotopic (exact) mass is 374 g/mol. The van der Waals surface area contributed by atoms with E-state index in [1.54, 1.807) is 24.3 Å². The molecule has 138 valence electrons. The molecule has 0 aliphatic heterocycles. The Balaban J connectivity index is 1.79. The minimum absolute atomic E-state index is 0.0113. The fraction of sp³-hybridized carbons (Fsp3) is 0.300. The van der Waals surface area contributed by atoms with Crippen LogP contribution in [0.15, 0.2) is 48.5 Å². The molecular weight excluding hydrogens is 352 g/mol. The van der Waals surface area contributed by atoms with Crippen LogP contribution in [0.25, 0.3) is 0 Å². The molecule has 2 aromatic carbocycles. The number of carbonyl (C=O) groups is 2. The van der Waals surface area contributed by atoms with Crippen LogP contribution >= 0.6 is 11.6 Å². The summed E-state index contributed by atoms with van der Waals surface area (Å²) in [4.78, 5) is 24.0. The molecule has 0 aliphatic rings. The fourth-order valence-corrected chi connectivity index (χ4v) is 2.58. The van der Waals surface area contributed by atoms with Gasteiger partial charge in [-0.2, -0.15) is 0 Å². The zero-order valence-corrected chi connectivity index (χ0v) is 15.7. The summed E-state index contributed by atoms with van der Waals surface area (Å²) in [5.74, 6) is -0.130. The highest BCUT2D eigenvalue weighted by Crippen LogP contribution is 2.24. The van der Waals surface area contributed by atoms with E-state index in [9.17, 15) is 9.59 Å². The first-order chi connectivity index (χ1) is 12.4. The predicted octanol–water partition coefficient (Wildman–Crippen LogP) is 3.81. The van der Waals surface area contributed by atoms with Gasteiger partial charge in [0.05, 0.1) is 11.8 Å². The first-order valence-corrected chi connectivity index (χ1v) is 8.88. The van der Waals surface area contributed by atoms with Gasteiger partial charge in [0.25, 0.3) is 0 Å². The van der Waals surface area contributed by atoms with Gasteiger partial charge in [0.2, 0.25) is 11.8 Å². The minimum Gasteiger partial charge on any atom is -0.489 e. The maximum atomic E-state index is 12.1. The van der Waals surface area contributed by atoms with Crippen molar-refractivity contribution in [3.8, 4) is 5.75 Å². The van der Waals surface area contributed by atoms with Crippen LogP contribution in [0.5, 0.6) is 5.75 Å². The average Bonchev–Trinajstić information content (AvgIpc) is 2.56. The molecule has 0 saturated carbocycles. The average molecular weight is 375 g/mol. The predicted molar refractivity (Wildman–Crippen MR) is 104 cm³/mol.